The van der Waals surface area contributed by atoms with Crippen LogP contribution >= 0.6 is 27.5 Å². The molecule has 1 rings (SSSR count). The Morgan fingerprint density at radius 1 is 1.47 bits per heavy atom. The molecule has 82 valence electrons. The molecule has 1 nitrogen and oxygen atoms in total. The fraction of sp³-hybridized carbons (Fsp3) is 0.300. The molecule has 0 bridgehead atoms. The van der Waals surface area contributed by atoms with E-state index >= 15 is 0 Å². The van der Waals surface area contributed by atoms with Crippen LogP contribution in [0.5, 0.6) is 0 Å². The summed E-state index contributed by atoms with van der Waals surface area (Å²) >= 11 is 8.70. The Morgan fingerprint density at radius 2 is 2.07 bits per heavy atom. The van der Waals surface area contributed by atoms with E-state index in [0.29, 0.717) is 0 Å². The summed E-state index contributed by atoms with van der Waals surface area (Å²) in [6.07, 6.45) is -2.67. The van der Waals surface area contributed by atoms with Gasteiger partial charge in [0.25, 0.3) is 6.43 Å². The van der Waals surface area contributed by atoms with Crippen LogP contribution < -0.4 is 0 Å². The van der Waals surface area contributed by atoms with Crippen molar-refractivity contribution in [1.29, 1.82) is 0 Å². The van der Waals surface area contributed by atoms with E-state index in [1.807, 2.05) is 0 Å². The zero-order valence-corrected chi connectivity index (χ0v) is 10.1. The van der Waals surface area contributed by atoms with Crippen LogP contribution in [0.3, 0.4) is 0 Å². The van der Waals surface area contributed by atoms with Crippen molar-refractivity contribution in [2.75, 3.05) is 0 Å². The molecule has 1 unspecified atom stereocenters. The zero-order valence-electron chi connectivity index (χ0n) is 7.81. The van der Waals surface area contributed by atoms with Gasteiger partial charge in [-0.15, -0.1) is 0 Å². The van der Waals surface area contributed by atoms with Gasteiger partial charge in [0.15, 0.2) is 5.78 Å². The third-order valence-electron chi connectivity index (χ3n) is 1.88. The second-order valence-electron chi connectivity index (χ2n) is 3.01. The molecule has 1 aromatic carbocycles. The Kier molecular flexibility index (Phi) is 4.22. The molecular formula is C10H8BrClF2O. The molecule has 0 saturated carbocycles. The fourth-order valence-electron chi connectivity index (χ4n) is 1.15. The SMILES string of the molecule is CC(Br)C(=O)c1cc(Cl)ccc1C(F)F. The van der Waals surface area contributed by atoms with Gasteiger partial charge in [-0.25, -0.2) is 8.78 Å². The number of halogens is 4. The van der Waals surface area contributed by atoms with Gasteiger partial charge < -0.3 is 0 Å². The van der Waals surface area contributed by atoms with Crippen molar-refractivity contribution in [2.24, 2.45) is 0 Å². The minimum atomic E-state index is -2.67. The molecule has 0 aliphatic carbocycles. The summed E-state index contributed by atoms with van der Waals surface area (Å²) in [4.78, 5) is 11.1. The highest BCUT2D eigenvalue weighted by Crippen LogP contribution is 2.27. The lowest BCUT2D eigenvalue weighted by atomic mass is 10.0. The van der Waals surface area contributed by atoms with Crippen molar-refractivity contribution in [3.8, 4) is 0 Å². The van der Waals surface area contributed by atoms with Crippen molar-refractivity contribution >= 4 is 33.3 Å². The second-order valence-corrected chi connectivity index (χ2v) is 4.82. The number of rotatable bonds is 3. The quantitative estimate of drug-likeness (QED) is 0.602. The van der Waals surface area contributed by atoms with Gasteiger partial charge in [-0.1, -0.05) is 33.6 Å². The van der Waals surface area contributed by atoms with Crippen LogP contribution in [0.4, 0.5) is 8.78 Å². The van der Waals surface area contributed by atoms with Crippen LogP contribution in [-0.4, -0.2) is 10.6 Å². The van der Waals surface area contributed by atoms with E-state index in [2.05, 4.69) is 15.9 Å². The van der Waals surface area contributed by atoms with E-state index < -0.39 is 17.0 Å². The molecule has 15 heavy (non-hydrogen) atoms. The molecule has 0 fully saturated rings. The van der Waals surface area contributed by atoms with Crippen LogP contribution in [0, 0.1) is 0 Å². The molecule has 1 aromatic rings. The van der Waals surface area contributed by atoms with Crippen LogP contribution in [0.15, 0.2) is 18.2 Å². The van der Waals surface area contributed by atoms with Gasteiger partial charge >= 0.3 is 0 Å². The van der Waals surface area contributed by atoms with Gasteiger partial charge in [-0.2, -0.15) is 0 Å². The molecule has 0 saturated heterocycles. The van der Waals surface area contributed by atoms with E-state index in [1.54, 1.807) is 6.92 Å². The Balaban J connectivity index is 3.24. The maximum absolute atomic E-state index is 12.6. The highest BCUT2D eigenvalue weighted by atomic mass is 79.9. The van der Waals surface area contributed by atoms with E-state index in [-0.39, 0.29) is 16.1 Å². The van der Waals surface area contributed by atoms with Crippen LogP contribution in [0.25, 0.3) is 0 Å². The lowest BCUT2D eigenvalue weighted by Crippen LogP contribution is -2.12. The smallest absolute Gasteiger partial charge is 0.264 e. The molecule has 0 amide bonds. The largest absolute Gasteiger partial charge is 0.293 e. The molecule has 1 atom stereocenters. The maximum Gasteiger partial charge on any atom is 0.264 e. The van der Waals surface area contributed by atoms with E-state index in [1.165, 1.54) is 18.2 Å². The number of ketones is 1. The molecule has 5 heteroatoms. The number of carbonyl (C=O) groups excluding carboxylic acids is 1. The Labute approximate surface area is 99.6 Å². The third-order valence-corrected chi connectivity index (χ3v) is 2.53. The summed E-state index contributed by atoms with van der Waals surface area (Å²) in [5.41, 5.74) is -0.308. The lowest BCUT2D eigenvalue weighted by Gasteiger charge is -2.09. The van der Waals surface area contributed by atoms with Gasteiger partial charge in [0.2, 0.25) is 0 Å². The average molecular weight is 298 g/mol. The summed E-state index contributed by atoms with van der Waals surface area (Å²) in [6.45, 7) is 1.58. The number of carbonyl (C=O) groups is 1. The van der Waals surface area contributed by atoms with E-state index in [4.69, 9.17) is 11.6 Å². The van der Waals surface area contributed by atoms with E-state index in [9.17, 15) is 13.6 Å². The minimum absolute atomic E-state index is 0.0260. The van der Waals surface area contributed by atoms with Gasteiger partial charge in [0.1, 0.15) is 0 Å². The first kappa shape index (κ1) is 12.6. The summed E-state index contributed by atoms with van der Waals surface area (Å²) in [5.74, 6) is -0.396. The number of hydrogen-bond donors (Lipinski definition) is 0. The zero-order chi connectivity index (χ0) is 11.6. The molecule has 0 spiro atoms. The lowest BCUT2D eigenvalue weighted by molar-refractivity contribution is 0.0982. The molecule has 0 aliphatic rings. The van der Waals surface area contributed by atoms with Crippen molar-refractivity contribution in [1.82, 2.24) is 0 Å². The topological polar surface area (TPSA) is 17.1 Å². The van der Waals surface area contributed by atoms with Crippen molar-refractivity contribution in [3.63, 3.8) is 0 Å². The third kappa shape index (κ3) is 2.98. The van der Waals surface area contributed by atoms with Gasteiger partial charge in [0.05, 0.1) is 4.83 Å². The first-order valence-electron chi connectivity index (χ1n) is 4.19. The summed E-state index contributed by atoms with van der Waals surface area (Å²) in [5, 5.41) is 0.274. The molecule has 0 heterocycles. The Hall–Kier alpha value is -0.480. The van der Waals surface area contributed by atoms with Crippen molar-refractivity contribution in [2.45, 2.75) is 18.2 Å². The van der Waals surface area contributed by atoms with Crippen molar-refractivity contribution < 1.29 is 13.6 Å². The summed E-state index contributed by atoms with van der Waals surface area (Å²) < 4.78 is 25.1. The average Bonchev–Trinajstić information content (AvgIpc) is 2.15. The van der Waals surface area contributed by atoms with Gasteiger partial charge in [-0.05, 0) is 19.1 Å². The van der Waals surface area contributed by atoms with Crippen LogP contribution in [0.2, 0.25) is 5.02 Å². The summed E-state index contributed by atoms with van der Waals surface area (Å²) in [6, 6.07) is 3.79. The second kappa shape index (κ2) is 5.03. The maximum atomic E-state index is 12.6. The number of benzene rings is 1. The first-order valence-corrected chi connectivity index (χ1v) is 5.48. The van der Waals surface area contributed by atoms with Crippen molar-refractivity contribution in [3.05, 3.63) is 34.3 Å². The van der Waals surface area contributed by atoms with Crippen LogP contribution in [-0.2, 0) is 0 Å². The monoisotopic (exact) mass is 296 g/mol. The predicted molar refractivity (Wildman–Crippen MR) is 59.1 cm³/mol. The molecular weight excluding hydrogens is 289 g/mol. The Bertz CT molecular complexity index is 380. The predicted octanol–water partition coefficient (Wildman–Crippen LogP) is 4.24. The highest BCUT2D eigenvalue weighted by molar-refractivity contribution is 9.10. The fourth-order valence-corrected chi connectivity index (χ4v) is 1.57. The standard InChI is InChI=1S/C10H8BrClF2O/c1-5(11)9(15)8-4-6(12)2-3-7(8)10(13)14/h2-5,10H,1H3. The first-order chi connectivity index (χ1) is 6.93. The van der Waals surface area contributed by atoms with E-state index in [0.717, 1.165) is 0 Å². The molecule has 0 N–H and O–H groups in total. The van der Waals surface area contributed by atoms with Gasteiger partial charge in [0, 0.05) is 16.1 Å². The van der Waals surface area contributed by atoms with Crippen LogP contribution in [0.1, 0.15) is 29.3 Å². The number of Topliss-reactive ketones (excluding diaryl/α,β-unsaturated/α-hetero) is 1. The molecule has 0 aromatic heterocycles. The number of hydrogen-bond acceptors (Lipinski definition) is 1. The molecule has 0 aliphatic heterocycles. The minimum Gasteiger partial charge on any atom is -0.293 e. The highest BCUT2D eigenvalue weighted by Gasteiger charge is 2.21. The molecule has 0 radical (unpaired) electrons. The summed E-state index contributed by atoms with van der Waals surface area (Å²) in [7, 11) is 0. The Morgan fingerprint density at radius 3 is 2.53 bits per heavy atom. The number of alkyl halides is 3. The van der Waals surface area contributed by atoms with Gasteiger partial charge in [-0.3, -0.25) is 4.79 Å². The normalized spacial score (nSPS) is 12.9.